The lowest BCUT2D eigenvalue weighted by Crippen LogP contribution is -2.35. The summed E-state index contributed by atoms with van der Waals surface area (Å²) in [4.78, 5) is 22.2. The smallest absolute Gasteiger partial charge is 0.255 e. The fraction of sp³-hybridized carbons (Fsp3) is 0.227. The summed E-state index contributed by atoms with van der Waals surface area (Å²) >= 11 is 0. The molecule has 0 bridgehead atoms. The van der Waals surface area contributed by atoms with Crippen LogP contribution in [-0.2, 0) is 6.42 Å². The molecule has 142 valence electrons. The van der Waals surface area contributed by atoms with Crippen LogP contribution >= 0.6 is 0 Å². The summed E-state index contributed by atoms with van der Waals surface area (Å²) in [6.07, 6.45) is 4.46. The number of aliphatic hydroxyl groups is 1. The third-order valence-electron chi connectivity index (χ3n) is 4.08. The van der Waals surface area contributed by atoms with Gasteiger partial charge in [0.05, 0.1) is 17.9 Å². The Morgan fingerprint density at radius 2 is 2.00 bits per heavy atom. The van der Waals surface area contributed by atoms with Gasteiger partial charge in [-0.15, -0.1) is 0 Å². The molecule has 0 aliphatic heterocycles. The van der Waals surface area contributed by atoms with Crippen LogP contribution in [0.1, 0.15) is 33.1 Å². The van der Waals surface area contributed by atoms with Gasteiger partial charge in [-0.25, -0.2) is 4.98 Å². The molecule has 0 radical (unpaired) electrons. The minimum atomic E-state index is -0.651. The van der Waals surface area contributed by atoms with Crippen molar-refractivity contribution in [1.82, 2.24) is 14.9 Å². The van der Waals surface area contributed by atoms with E-state index in [0.29, 0.717) is 29.2 Å². The van der Waals surface area contributed by atoms with Gasteiger partial charge in [0.2, 0.25) is 0 Å². The molecule has 28 heavy (non-hydrogen) atoms. The lowest BCUT2D eigenvalue weighted by molar-refractivity contribution is 0.0681. The highest BCUT2D eigenvalue weighted by Gasteiger charge is 2.16. The number of rotatable bonds is 5. The minimum absolute atomic E-state index is 0.223. The first-order valence-electron chi connectivity index (χ1n) is 8.88. The van der Waals surface area contributed by atoms with Crippen molar-refractivity contribution in [3.05, 3.63) is 83.3 Å². The molecule has 2 heterocycles. The minimum Gasteiger partial charge on any atom is -0.433 e. The predicted octanol–water partition coefficient (Wildman–Crippen LogP) is 2.45. The molecule has 0 aliphatic carbocycles. The van der Waals surface area contributed by atoms with Crippen LogP contribution in [0.4, 0.5) is 0 Å². The Kier molecular flexibility index (Phi) is 6.20. The number of likely N-dealkylation sites (N-methyl/N-ethyl adjacent to an activating group) is 1. The van der Waals surface area contributed by atoms with Crippen molar-refractivity contribution in [3.8, 4) is 11.8 Å². The van der Waals surface area contributed by atoms with E-state index in [9.17, 15) is 9.90 Å². The summed E-state index contributed by atoms with van der Waals surface area (Å²) in [6.45, 7) is 1.97. The number of aromatic nitrogens is 2. The third-order valence-corrected chi connectivity index (χ3v) is 4.08. The van der Waals surface area contributed by atoms with Crippen molar-refractivity contribution in [2.45, 2.75) is 19.4 Å². The van der Waals surface area contributed by atoms with Gasteiger partial charge < -0.3 is 14.4 Å². The van der Waals surface area contributed by atoms with Gasteiger partial charge in [0.1, 0.15) is 0 Å². The number of oxazole rings is 1. The molecule has 1 N–H and O–H groups in total. The van der Waals surface area contributed by atoms with E-state index in [4.69, 9.17) is 4.42 Å². The summed E-state index contributed by atoms with van der Waals surface area (Å²) in [6, 6.07) is 11.4. The summed E-state index contributed by atoms with van der Waals surface area (Å²) in [5, 5.41) is 10.3. The van der Waals surface area contributed by atoms with E-state index in [-0.39, 0.29) is 12.5 Å². The van der Waals surface area contributed by atoms with Crippen molar-refractivity contribution >= 4 is 5.91 Å². The SMILES string of the molecule is Cc1ncc(C#Cc2cncc(C(=O)N(C)CC(O)Cc3ccccc3)c2)o1. The van der Waals surface area contributed by atoms with Gasteiger partial charge in [-0.2, -0.15) is 0 Å². The summed E-state index contributed by atoms with van der Waals surface area (Å²) in [7, 11) is 1.66. The van der Waals surface area contributed by atoms with Crippen molar-refractivity contribution in [3.63, 3.8) is 0 Å². The third kappa shape index (κ3) is 5.29. The molecule has 6 nitrogen and oxygen atoms in total. The largest absolute Gasteiger partial charge is 0.433 e. The lowest BCUT2D eigenvalue weighted by atomic mass is 10.1. The molecule has 0 fully saturated rings. The van der Waals surface area contributed by atoms with Crippen molar-refractivity contribution in [2.24, 2.45) is 0 Å². The highest BCUT2D eigenvalue weighted by molar-refractivity contribution is 5.94. The number of nitrogens with zero attached hydrogens (tertiary/aromatic N) is 3. The Morgan fingerprint density at radius 1 is 1.21 bits per heavy atom. The van der Waals surface area contributed by atoms with Crippen molar-refractivity contribution in [2.75, 3.05) is 13.6 Å². The van der Waals surface area contributed by atoms with Gasteiger partial charge in [0.25, 0.3) is 5.91 Å². The van der Waals surface area contributed by atoms with E-state index >= 15 is 0 Å². The quantitative estimate of drug-likeness (QED) is 0.693. The molecule has 6 heteroatoms. The maximum absolute atomic E-state index is 12.7. The van der Waals surface area contributed by atoms with Crippen LogP contribution < -0.4 is 0 Å². The Labute approximate surface area is 163 Å². The zero-order chi connectivity index (χ0) is 19.9. The van der Waals surface area contributed by atoms with Crippen LogP contribution in [0.2, 0.25) is 0 Å². The molecule has 2 aromatic heterocycles. The van der Waals surface area contributed by atoms with Crippen molar-refractivity contribution < 1.29 is 14.3 Å². The molecular formula is C22H21N3O3. The Morgan fingerprint density at radius 3 is 2.71 bits per heavy atom. The van der Waals surface area contributed by atoms with Gasteiger partial charge in [-0.1, -0.05) is 36.3 Å². The molecule has 1 aromatic carbocycles. The molecular weight excluding hydrogens is 354 g/mol. The van der Waals surface area contributed by atoms with E-state index in [1.165, 1.54) is 11.1 Å². The second-order valence-electron chi connectivity index (χ2n) is 6.49. The molecule has 1 unspecified atom stereocenters. The average Bonchev–Trinajstić information content (AvgIpc) is 3.12. The Hall–Kier alpha value is -3.43. The second kappa shape index (κ2) is 8.98. The highest BCUT2D eigenvalue weighted by Crippen LogP contribution is 2.09. The summed E-state index contributed by atoms with van der Waals surface area (Å²) < 4.78 is 5.31. The van der Waals surface area contributed by atoms with Gasteiger partial charge in [0, 0.05) is 44.9 Å². The first kappa shape index (κ1) is 19.3. The van der Waals surface area contributed by atoms with Gasteiger partial charge >= 0.3 is 0 Å². The van der Waals surface area contributed by atoms with E-state index in [2.05, 4.69) is 21.8 Å². The average molecular weight is 375 g/mol. The number of benzene rings is 1. The standard InChI is InChI=1S/C22H21N3O3/c1-16-24-14-21(28-16)9-8-18-10-19(13-23-12-18)22(27)25(2)15-20(26)11-17-6-4-3-5-7-17/h3-7,10,12-14,20,26H,11,15H2,1-2H3. The first-order valence-corrected chi connectivity index (χ1v) is 8.88. The van der Waals surface area contributed by atoms with Gasteiger partial charge in [-0.05, 0) is 17.6 Å². The van der Waals surface area contributed by atoms with E-state index in [1.54, 1.807) is 32.4 Å². The molecule has 0 aliphatic rings. The summed E-state index contributed by atoms with van der Waals surface area (Å²) in [5.41, 5.74) is 2.03. The van der Waals surface area contributed by atoms with Gasteiger partial charge in [-0.3, -0.25) is 9.78 Å². The predicted molar refractivity (Wildman–Crippen MR) is 105 cm³/mol. The number of hydrogen-bond donors (Lipinski definition) is 1. The second-order valence-corrected chi connectivity index (χ2v) is 6.49. The number of carbonyl (C=O) groups excluding carboxylic acids is 1. The zero-order valence-corrected chi connectivity index (χ0v) is 15.8. The Balaban J connectivity index is 1.64. The van der Waals surface area contributed by atoms with Crippen LogP contribution in [0.5, 0.6) is 0 Å². The Bertz CT molecular complexity index is 1000. The molecule has 3 aromatic rings. The maximum atomic E-state index is 12.7. The molecule has 0 saturated heterocycles. The monoisotopic (exact) mass is 375 g/mol. The molecule has 3 rings (SSSR count). The number of aliphatic hydroxyl groups excluding tert-OH is 1. The molecule has 0 spiro atoms. The molecule has 1 atom stereocenters. The highest BCUT2D eigenvalue weighted by atomic mass is 16.3. The number of aryl methyl sites for hydroxylation is 1. The van der Waals surface area contributed by atoms with Crippen LogP contribution in [0.15, 0.2) is 59.4 Å². The van der Waals surface area contributed by atoms with E-state index in [1.807, 2.05) is 30.3 Å². The normalized spacial score (nSPS) is 11.4. The number of hydrogen-bond acceptors (Lipinski definition) is 5. The van der Waals surface area contributed by atoms with Crippen LogP contribution in [-0.4, -0.2) is 45.6 Å². The number of amides is 1. The van der Waals surface area contributed by atoms with Crippen LogP contribution in [0.3, 0.4) is 0 Å². The topological polar surface area (TPSA) is 79.5 Å². The van der Waals surface area contributed by atoms with Crippen LogP contribution in [0.25, 0.3) is 0 Å². The van der Waals surface area contributed by atoms with Crippen molar-refractivity contribution in [1.29, 1.82) is 0 Å². The maximum Gasteiger partial charge on any atom is 0.255 e. The van der Waals surface area contributed by atoms with Gasteiger partial charge in [0.15, 0.2) is 11.7 Å². The number of pyridine rings is 1. The summed E-state index contributed by atoms with van der Waals surface area (Å²) in [5.74, 6) is 6.54. The zero-order valence-electron chi connectivity index (χ0n) is 15.8. The fourth-order valence-corrected chi connectivity index (χ4v) is 2.75. The molecule has 0 saturated carbocycles. The fourth-order valence-electron chi connectivity index (χ4n) is 2.75. The first-order chi connectivity index (χ1) is 13.5. The number of carbonyl (C=O) groups is 1. The lowest BCUT2D eigenvalue weighted by Gasteiger charge is -2.21. The van der Waals surface area contributed by atoms with Crippen LogP contribution in [0, 0.1) is 18.8 Å². The molecule has 1 amide bonds. The van der Waals surface area contributed by atoms with E-state index < -0.39 is 6.10 Å². The van der Waals surface area contributed by atoms with E-state index in [0.717, 1.165) is 5.56 Å².